The van der Waals surface area contributed by atoms with Crippen molar-refractivity contribution >= 4 is 23.2 Å². The number of halogens is 1. The van der Waals surface area contributed by atoms with Crippen LogP contribution in [0.2, 0.25) is 5.02 Å². The highest BCUT2D eigenvalue weighted by Crippen LogP contribution is 2.16. The number of nitrogens with zero attached hydrogens (tertiary/aromatic N) is 3. The number of ketones is 1. The van der Waals surface area contributed by atoms with Gasteiger partial charge < -0.3 is 5.73 Å². The number of rotatable bonds is 3. The van der Waals surface area contributed by atoms with Crippen molar-refractivity contribution in [3.05, 3.63) is 40.5 Å². The molecule has 1 aromatic carbocycles. The van der Waals surface area contributed by atoms with Gasteiger partial charge in [-0.2, -0.15) is 0 Å². The molecule has 0 aliphatic rings. The molecule has 0 unspecified atom stereocenters. The first-order chi connectivity index (χ1) is 8.13. The number of aryl methyl sites for hydroxylation is 1. The minimum atomic E-state index is -0.251. The van der Waals surface area contributed by atoms with E-state index in [-0.39, 0.29) is 17.3 Å². The maximum atomic E-state index is 12.1. The third kappa shape index (κ3) is 2.14. The molecule has 1 aromatic heterocycles. The largest absolute Gasteiger partial charge is 0.382 e. The molecule has 2 aromatic rings. The Morgan fingerprint density at radius 1 is 1.41 bits per heavy atom. The van der Waals surface area contributed by atoms with Crippen LogP contribution in [0.5, 0.6) is 0 Å². The molecular weight excluding hydrogens is 240 g/mol. The van der Waals surface area contributed by atoms with E-state index in [0.29, 0.717) is 17.1 Å². The van der Waals surface area contributed by atoms with E-state index in [1.807, 2.05) is 6.92 Å². The third-order valence-corrected chi connectivity index (χ3v) is 2.65. The van der Waals surface area contributed by atoms with Crippen LogP contribution in [0.3, 0.4) is 0 Å². The minimum Gasteiger partial charge on any atom is -0.382 e. The lowest BCUT2D eigenvalue weighted by Crippen LogP contribution is -2.07. The van der Waals surface area contributed by atoms with Crippen molar-refractivity contribution < 1.29 is 4.79 Å². The number of carbonyl (C=O) groups excluding carboxylic acids is 1. The molecule has 0 fully saturated rings. The second kappa shape index (κ2) is 4.55. The Hall–Kier alpha value is -1.88. The number of nitrogen functional groups attached to an aromatic ring is 1. The van der Waals surface area contributed by atoms with Crippen LogP contribution in [0.4, 0.5) is 5.82 Å². The monoisotopic (exact) mass is 250 g/mol. The predicted molar refractivity (Wildman–Crippen MR) is 65.0 cm³/mol. The van der Waals surface area contributed by atoms with Gasteiger partial charge in [-0.25, -0.2) is 4.68 Å². The topological polar surface area (TPSA) is 73.8 Å². The Kier molecular flexibility index (Phi) is 3.10. The quantitative estimate of drug-likeness (QED) is 0.843. The Morgan fingerprint density at radius 3 is 2.59 bits per heavy atom. The second-order valence-corrected chi connectivity index (χ2v) is 3.91. The van der Waals surface area contributed by atoms with Gasteiger partial charge >= 0.3 is 0 Å². The van der Waals surface area contributed by atoms with Crippen molar-refractivity contribution in [1.82, 2.24) is 15.0 Å². The van der Waals surface area contributed by atoms with Crippen LogP contribution in [0.25, 0.3) is 0 Å². The van der Waals surface area contributed by atoms with Gasteiger partial charge in [-0.05, 0) is 31.2 Å². The molecule has 1 heterocycles. The summed E-state index contributed by atoms with van der Waals surface area (Å²) in [5.74, 6) is 0.0336. The zero-order chi connectivity index (χ0) is 12.4. The Balaban J connectivity index is 2.37. The van der Waals surface area contributed by atoms with E-state index in [4.69, 9.17) is 17.3 Å². The summed E-state index contributed by atoms with van der Waals surface area (Å²) in [6.45, 7) is 2.45. The van der Waals surface area contributed by atoms with E-state index in [9.17, 15) is 4.79 Å². The maximum absolute atomic E-state index is 12.1. The van der Waals surface area contributed by atoms with Gasteiger partial charge in [-0.3, -0.25) is 4.79 Å². The van der Waals surface area contributed by atoms with Gasteiger partial charge in [0.25, 0.3) is 0 Å². The van der Waals surface area contributed by atoms with Crippen molar-refractivity contribution in [2.24, 2.45) is 0 Å². The van der Waals surface area contributed by atoms with Crippen molar-refractivity contribution in [2.45, 2.75) is 13.5 Å². The Bertz CT molecular complexity index is 547. The van der Waals surface area contributed by atoms with Crippen molar-refractivity contribution in [2.75, 3.05) is 5.73 Å². The van der Waals surface area contributed by atoms with E-state index in [1.54, 1.807) is 24.3 Å². The summed E-state index contributed by atoms with van der Waals surface area (Å²) in [6, 6.07) is 6.56. The second-order valence-electron chi connectivity index (χ2n) is 3.48. The highest BCUT2D eigenvalue weighted by molar-refractivity contribution is 6.30. The molecule has 0 atom stereocenters. The average molecular weight is 251 g/mol. The van der Waals surface area contributed by atoms with Crippen molar-refractivity contribution in [3.8, 4) is 0 Å². The highest BCUT2D eigenvalue weighted by atomic mass is 35.5. The average Bonchev–Trinajstić information content (AvgIpc) is 2.70. The van der Waals surface area contributed by atoms with Crippen LogP contribution in [0.15, 0.2) is 24.3 Å². The molecule has 6 heteroatoms. The van der Waals surface area contributed by atoms with Gasteiger partial charge in [-0.15, -0.1) is 5.10 Å². The molecule has 2 N–H and O–H groups in total. The maximum Gasteiger partial charge on any atom is 0.217 e. The van der Waals surface area contributed by atoms with E-state index in [0.717, 1.165) is 0 Å². The van der Waals surface area contributed by atoms with E-state index < -0.39 is 0 Å². The first-order valence-corrected chi connectivity index (χ1v) is 5.50. The SMILES string of the molecule is CCn1nnc(C(=O)c2ccc(Cl)cc2)c1N. The summed E-state index contributed by atoms with van der Waals surface area (Å²) >= 11 is 5.75. The van der Waals surface area contributed by atoms with Gasteiger partial charge in [0.2, 0.25) is 5.78 Å². The van der Waals surface area contributed by atoms with Crippen LogP contribution in [0.1, 0.15) is 23.0 Å². The van der Waals surface area contributed by atoms with Crippen LogP contribution in [-0.4, -0.2) is 20.8 Å². The molecule has 88 valence electrons. The summed E-state index contributed by atoms with van der Waals surface area (Å²) in [4.78, 5) is 12.1. The van der Waals surface area contributed by atoms with Crippen LogP contribution >= 0.6 is 11.6 Å². The molecule has 2 rings (SSSR count). The number of nitrogens with two attached hydrogens (primary N) is 1. The predicted octanol–water partition coefficient (Wildman–Crippen LogP) is 1.76. The van der Waals surface area contributed by atoms with E-state index in [2.05, 4.69) is 10.3 Å². The fraction of sp³-hybridized carbons (Fsp3) is 0.182. The van der Waals surface area contributed by atoms with Crippen LogP contribution in [-0.2, 0) is 6.54 Å². The summed E-state index contributed by atoms with van der Waals surface area (Å²) in [5, 5.41) is 8.16. The lowest BCUT2D eigenvalue weighted by molar-refractivity contribution is 0.103. The number of anilines is 1. The Labute approximate surface area is 103 Å². The normalized spacial score (nSPS) is 10.5. The molecule has 0 aliphatic heterocycles. The summed E-state index contributed by atoms with van der Waals surface area (Å²) in [5.41, 5.74) is 6.44. The fourth-order valence-corrected chi connectivity index (χ4v) is 1.58. The number of hydrogen-bond acceptors (Lipinski definition) is 4. The molecule has 17 heavy (non-hydrogen) atoms. The zero-order valence-electron chi connectivity index (χ0n) is 9.22. The molecule has 0 saturated carbocycles. The van der Waals surface area contributed by atoms with Gasteiger partial charge in [0.1, 0.15) is 0 Å². The van der Waals surface area contributed by atoms with Crippen molar-refractivity contribution in [3.63, 3.8) is 0 Å². The number of aromatic nitrogens is 3. The lowest BCUT2D eigenvalue weighted by Gasteiger charge is -2.00. The van der Waals surface area contributed by atoms with Gasteiger partial charge in [-0.1, -0.05) is 16.8 Å². The van der Waals surface area contributed by atoms with Gasteiger partial charge in [0, 0.05) is 17.1 Å². The first kappa shape index (κ1) is 11.6. The minimum absolute atomic E-state index is 0.175. The highest BCUT2D eigenvalue weighted by Gasteiger charge is 2.18. The molecule has 0 amide bonds. The molecular formula is C11H11ClN4O. The van der Waals surface area contributed by atoms with Crippen molar-refractivity contribution in [1.29, 1.82) is 0 Å². The van der Waals surface area contributed by atoms with Gasteiger partial charge in [0.05, 0.1) is 0 Å². The molecule has 0 radical (unpaired) electrons. The molecule has 0 saturated heterocycles. The molecule has 5 nitrogen and oxygen atoms in total. The van der Waals surface area contributed by atoms with E-state index >= 15 is 0 Å². The number of benzene rings is 1. The summed E-state index contributed by atoms with van der Waals surface area (Å²) in [7, 11) is 0. The first-order valence-electron chi connectivity index (χ1n) is 5.12. The lowest BCUT2D eigenvalue weighted by atomic mass is 10.1. The number of carbonyl (C=O) groups is 1. The molecule has 0 spiro atoms. The van der Waals surface area contributed by atoms with Crippen LogP contribution < -0.4 is 5.73 Å². The Morgan fingerprint density at radius 2 is 2.06 bits per heavy atom. The smallest absolute Gasteiger partial charge is 0.217 e. The standard InChI is InChI=1S/C11H11ClN4O/c1-2-16-11(13)9(14-15-16)10(17)7-3-5-8(12)6-4-7/h3-6H,2,13H2,1H3. The fourth-order valence-electron chi connectivity index (χ4n) is 1.45. The zero-order valence-corrected chi connectivity index (χ0v) is 9.98. The molecule has 0 bridgehead atoms. The third-order valence-electron chi connectivity index (χ3n) is 2.39. The summed E-state index contributed by atoms with van der Waals surface area (Å²) < 4.78 is 1.48. The number of hydrogen-bond donors (Lipinski definition) is 1. The van der Waals surface area contributed by atoms with Crippen LogP contribution in [0, 0.1) is 0 Å². The van der Waals surface area contributed by atoms with E-state index in [1.165, 1.54) is 4.68 Å². The summed E-state index contributed by atoms with van der Waals surface area (Å²) in [6.07, 6.45) is 0. The van der Waals surface area contributed by atoms with Gasteiger partial charge in [0.15, 0.2) is 11.5 Å². The molecule has 0 aliphatic carbocycles.